The molecule has 0 aromatic heterocycles. The average Bonchev–Trinajstić information content (AvgIpc) is 3.09. The van der Waals surface area contributed by atoms with E-state index in [2.05, 4.69) is 10.6 Å². The number of carbonyl (C=O) groups is 3. The largest absolute Gasteiger partial charge is 0.481 e. The topological polar surface area (TPSA) is 98.7 Å². The molecule has 4 rings (SSSR count). The Labute approximate surface area is 151 Å². The summed E-state index contributed by atoms with van der Waals surface area (Å²) in [4.78, 5) is 37.7. The molecule has 1 aliphatic carbocycles. The molecule has 7 heteroatoms. The molecule has 3 N–H and O–H groups in total. The number of anilines is 2. The standard InChI is InChI=1S/C19H23N3O4/c23-16-5-1-3-12-9-14(6-7-15(12)21-16)20-18(26)22-10-13-4-2-8-19(13,11-22)17(24)25/h6-7,9,13H,1-5,8,10-11H2,(H,20,26)(H,21,23)(H,24,25)/t13-,19+/m0/s1. The van der Waals surface area contributed by atoms with Gasteiger partial charge in [0.25, 0.3) is 0 Å². The van der Waals surface area contributed by atoms with Gasteiger partial charge in [0.1, 0.15) is 0 Å². The third-order valence-electron chi connectivity index (χ3n) is 6.06. The van der Waals surface area contributed by atoms with Crippen LogP contribution in [-0.2, 0) is 16.0 Å². The number of carboxylic acids is 1. The summed E-state index contributed by atoms with van der Waals surface area (Å²) in [6, 6.07) is 5.22. The van der Waals surface area contributed by atoms with Crippen LogP contribution in [0.4, 0.5) is 16.2 Å². The van der Waals surface area contributed by atoms with Gasteiger partial charge in [-0.2, -0.15) is 0 Å². The second-order valence-electron chi connectivity index (χ2n) is 7.63. The van der Waals surface area contributed by atoms with Crippen molar-refractivity contribution in [1.82, 2.24) is 4.90 Å². The summed E-state index contributed by atoms with van der Waals surface area (Å²) < 4.78 is 0. The van der Waals surface area contributed by atoms with Crippen molar-refractivity contribution in [2.24, 2.45) is 11.3 Å². The molecule has 7 nitrogen and oxygen atoms in total. The summed E-state index contributed by atoms with van der Waals surface area (Å²) in [6.45, 7) is 0.777. The zero-order chi connectivity index (χ0) is 18.3. The monoisotopic (exact) mass is 357 g/mol. The summed E-state index contributed by atoms with van der Waals surface area (Å²) in [6.07, 6.45) is 4.51. The first-order valence-corrected chi connectivity index (χ1v) is 9.20. The lowest BCUT2D eigenvalue weighted by molar-refractivity contribution is -0.149. The molecule has 3 aliphatic rings. The fourth-order valence-corrected chi connectivity index (χ4v) is 4.65. The SMILES string of the molecule is O=C1CCCc2cc(NC(=O)N3C[C@@H]4CCC[C@@]4(C(=O)O)C3)ccc2N1. The molecule has 1 saturated carbocycles. The van der Waals surface area contributed by atoms with Gasteiger partial charge in [0.05, 0.1) is 5.41 Å². The number of nitrogens with one attached hydrogen (secondary N) is 2. The number of aliphatic carboxylic acids is 1. The van der Waals surface area contributed by atoms with Crippen molar-refractivity contribution >= 4 is 29.3 Å². The molecule has 1 aromatic rings. The van der Waals surface area contributed by atoms with Crippen LogP contribution >= 0.6 is 0 Å². The molecule has 1 saturated heterocycles. The van der Waals surface area contributed by atoms with Crippen molar-refractivity contribution in [1.29, 1.82) is 0 Å². The van der Waals surface area contributed by atoms with Gasteiger partial charge in [-0.3, -0.25) is 9.59 Å². The van der Waals surface area contributed by atoms with E-state index in [1.807, 2.05) is 12.1 Å². The molecule has 2 fully saturated rings. The Morgan fingerprint density at radius 1 is 1.27 bits per heavy atom. The number of benzene rings is 1. The van der Waals surface area contributed by atoms with E-state index in [1.165, 1.54) is 0 Å². The minimum atomic E-state index is -0.781. The van der Waals surface area contributed by atoms with Gasteiger partial charge < -0.3 is 20.6 Å². The predicted octanol–water partition coefficient (Wildman–Crippen LogP) is 2.68. The highest BCUT2D eigenvalue weighted by atomic mass is 16.4. The maximum atomic E-state index is 12.7. The smallest absolute Gasteiger partial charge is 0.321 e. The number of likely N-dealkylation sites (tertiary alicyclic amines) is 1. The highest BCUT2D eigenvalue weighted by Gasteiger charge is 2.55. The van der Waals surface area contributed by atoms with E-state index in [1.54, 1.807) is 11.0 Å². The van der Waals surface area contributed by atoms with E-state index < -0.39 is 11.4 Å². The molecule has 26 heavy (non-hydrogen) atoms. The number of rotatable bonds is 2. The van der Waals surface area contributed by atoms with Crippen molar-refractivity contribution < 1.29 is 19.5 Å². The molecule has 0 radical (unpaired) electrons. The third kappa shape index (κ3) is 2.81. The fraction of sp³-hybridized carbons (Fsp3) is 0.526. The first-order valence-electron chi connectivity index (χ1n) is 9.20. The number of carboxylic acid groups (broad SMARTS) is 1. The quantitative estimate of drug-likeness (QED) is 0.758. The molecular weight excluding hydrogens is 334 g/mol. The first-order chi connectivity index (χ1) is 12.5. The number of aryl methyl sites for hydroxylation is 1. The van der Waals surface area contributed by atoms with E-state index in [0.29, 0.717) is 25.1 Å². The lowest BCUT2D eigenvalue weighted by atomic mass is 9.81. The maximum absolute atomic E-state index is 12.7. The van der Waals surface area contributed by atoms with Gasteiger partial charge in [0.15, 0.2) is 0 Å². The van der Waals surface area contributed by atoms with Crippen molar-refractivity contribution in [3.8, 4) is 0 Å². The van der Waals surface area contributed by atoms with E-state index in [0.717, 1.165) is 36.9 Å². The zero-order valence-electron chi connectivity index (χ0n) is 14.6. The summed E-state index contributed by atoms with van der Waals surface area (Å²) in [5.74, 6) is -0.716. The van der Waals surface area contributed by atoms with Crippen LogP contribution in [0.2, 0.25) is 0 Å². The summed E-state index contributed by atoms with van der Waals surface area (Å²) in [7, 11) is 0. The van der Waals surface area contributed by atoms with Crippen molar-refractivity contribution in [2.75, 3.05) is 23.7 Å². The van der Waals surface area contributed by atoms with Gasteiger partial charge in [0.2, 0.25) is 5.91 Å². The summed E-state index contributed by atoms with van der Waals surface area (Å²) in [5, 5.41) is 15.4. The van der Waals surface area contributed by atoms with Gasteiger partial charge in [-0.1, -0.05) is 6.42 Å². The van der Waals surface area contributed by atoms with E-state index in [4.69, 9.17) is 0 Å². The highest BCUT2D eigenvalue weighted by molar-refractivity contribution is 5.94. The van der Waals surface area contributed by atoms with Crippen LogP contribution in [0.5, 0.6) is 0 Å². The minimum Gasteiger partial charge on any atom is -0.481 e. The minimum absolute atomic E-state index is 0.0168. The Morgan fingerprint density at radius 2 is 2.12 bits per heavy atom. The van der Waals surface area contributed by atoms with Crippen LogP contribution < -0.4 is 10.6 Å². The lowest BCUT2D eigenvalue weighted by Crippen LogP contribution is -2.38. The summed E-state index contributed by atoms with van der Waals surface area (Å²) >= 11 is 0. The molecule has 138 valence electrons. The molecule has 2 aliphatic heterocycles. The van der Waals surface area contributed by atoms with Gasteiger partial charge in [-0.25, -0.2) is 4.79 Å². The Morgan fingerprint density at radius 3 is 2.88 bits per heavy atom. The molecule has 3 amide bonds. The highest BCUT2D eigenvalue weighted by Crippen LogP contribution is 2.49. The average molecular weight is 357 g/mol. The predicted molar refractivity (Wildman–Crippen MR) is 96.0 cm³/mol. The van der Waals surface area contributed by atoms with E-state index >= 15 is 0 Å². The Balaban J connectivity index is 1.47. The van der Waals surface area contributed by atoms with Crippen LogP contribution in [0.3, 0.4) is 0 Å². The summed E-state index contributed by atoms with van der Waals surface area (Å²) in [5.41, 5.74) is 1.71. The Kier molecular flexibility index (Phi) is 4.09. The molecule has 1 aromatic carbocycles. The van der Waals surface area contributed by atoms with Crippen LogP contribution in [0.15, 0.2) is 18.2 Å². The fourth-order valence-electron chi connectivity index (χ4n) is 4.65. The Bertz CT molecular complexity index is 778. The number of nitrogens with zero attached hydrogens (tertiary/aromatic N) is 1. The second-order valence-corrected chi connectivity index (χ2v) is 7.63. The van der Waals surface area contributed by atoms with Gasteiger partial charge in [-0.05, 0) is 55.4 Å². The number of carbonyl (C=O) groups excluding carboxylic acids is 2. The van der Waals surface area contributed by atoms with E-state index in [-0.39, 0.29) is 24.4 Å². The maximum Gasteiger partial charge on any atom is 0.321 e. The number of hydrogen-bond acceptors (Lipinski definition) is 3. The Hall–Kier alpha value is -2.57. The first kappa shape index (κ1) is 16.9. The molecule has 0 bridgehead atoms. The molecule has 2 heterocycles. The molecule has 2 atom stereocenters. The lowest BCUT2D eigenvalue weighted by Gasteiger charge is -2.23. The molecule has 0 spiro atoms. The van der Waals surface area contributed by atoms with Crippen LogP contribution in [0.1, 0.15) is 37.7 Å². The van der Waals surface area contributed by atoms with Crippen LogP contribution in [0.25, 0.3) is 0 Å². The number of hydrogen-bond donors (Lipinski definition) is 3. The molecular formula is C19H23N3O4. The van der Waals surface area contributed by atoms with Crippen molar-refractivity contribution in [3.05, 3.63) is 23.8 Å². The second kappa shape index (κ2) is 6.30. The van der Waals surface area contributed by atoms with Crippen LogP contribution in [0, 0.1) is 11.3 Å². The van der Waals surface area contributed by atoms with Crippen molar-refractivity contribution in [3.63, 3.8) is 0 Å². The van der Waals surface area contributed by atoms with E-state index in [9.17, 15) is 19.5 Å². The van der Waals surface area contributed by atoms with Gasteiger partial charge in [0, 0.05) is 30.9 Å². The van der Waals surface area contributed by atoms with Crippen LogP contribution in [-0.4, -0.2) is 41.0 Å². The number of fused-ring (bicyclic) bond motifs is 2. The molecule has 0 unspecified atom stereocenters. The van der Waals surface area contributed by atoms with Gasteiger partial charge in [-0.15, -0.1) is 0 Å². The number of amides is 3. The van der Waals surface area contributed by atoms with Crippen molar-refractivity contribution in [2.45, 2.75) is 38.5 Å². The number of urea groups is 1. The zero-order valence-corrected chi connectivity index (χ0v) is 14.6. The normalized spacial score (nSPS) is 27.3. The third-order valence-corrected chi connectivity index (χ3v) is 6.06. The van der Waals surface area contributed by atoms with Gasteiger partial charge >= 0.3 is 12.0 Å².